The summed E-state index contributed by atoms with van der Waals surface area (Å²) in [4.78, 5) is 26.1. The monoisotopic (exact) mass is 491 g/mol. The number of nitrogens with one attached hydrogen (secondary N) is 1. The number of carbonyl (C=O) groups is 2. The van der Waals surface area contributed by atoms with Crippen LogP contribution in [0.25, 0.3) is 0 Å². The van der Waals surface area contributed by atoms with Gasteiger partial charge in [-0.05, 0) is 31.5 Å². The van der Waals surface area contributed by atoms with Gasteiger partial charge in [0.05, 0.1) is 41.7 Å². The van der Waals surface area contributed by atoms with Gasteiger partial charge in [-0.25, -0.2) is 21.2 Å². The van der Waals surface area contributed by atoms with Gasteiger partial charge < -0.3 is 15.0 Å². The molecule has 178 valence electrons. The van der Waals surface area contributed by atoms with E-state index in [4.69, 9.17) is 4.74 Å². The molecular formula is C19H26FN3O7S2. The Hall–Kier alpha value is -2.09. The SMILES string of the molecule is CCN(CC(=O)N[C@@H]1CCS(=O)(=O)C1)C(=O)c1cc(S(=O)(=O)N2CCOCC2)ccc1F. The van der Waals surface area contributed by atoms with Crippen molar-refractivity contribution in [3.63, 3.8) is 0 Å². The molecule has 0 aliphatic carbocycles. The zero-order valence-electron chi connectivity index (χ0n) is 17.6. The molecule has 3 rings (SSSR count). The van der Waals surface area contributed by atoms with Crippen molar-refractivity contribution in [1.29, 1.82) is 0 Å². The molecule has 0 aromatic heterocycles. The summed E-state index contributed by atoms with van der Waals surface area (Å²) in [6.45, 7) is 2.04. The number of benzene rings is 1. The van der Waals surface area contributed by atoms with Gasteiger partial charge in [0.1, 0.15) is 5.82 Å². The summed E-state index contributed by atoms with van der Waals surface area (Å²) in [5, 5.41) is 2.58. The maximum Gasteiger partial charge on any atom is 0.257 e. The van der Waals surface area contributed by atoms with Crippen LogP contribution >= 0.6 is 0 Å². The fourth-order valence-electron chi connectivity index (χ4n) is 3.62. The molecule has 0 unspecified atom stereocenters. The largest absolute Gasteiger partial charge is 0.379 e. The summed E-state index contributed by atoms with van der Waals surface area (Å²) < 4.78 is 69.6. The standard InChI is InChI=1S/C19H26FN3O7S2/c1-2-22(12-18(24)21-14-5-10-31(26,27)13-14)19(25)16-11-15(3-4-17(16)20)32(28,29)23-6-8-30-9-7-23/h3-4,11,14H,2,5-10,12-13H2,1H3,(H,21,24)/t14-/m1/s1. The summed E-state index contributed by atoms with van der Waals surface area (Å²) in [6, 6.07) is 2.46. The highest BCUT2D eigenvalue weighted by Gasteiger charge is 2.31. The highest BCUT2D eigenvalue weighted by atomic mass is 32.2. The molecule has 10 nitrogen and oxygen atoms in total. The highest BCUT2D eigenvalue weighted by Crippen LogP contribution is 2.21. The Balaban J connectivity index is 1.74. The van der Waals surface area contributed by atoms with Gasteiger partial charge in [-0.3, -0.25) is 9.59 Å². The number of sulfonamides is 1. The second kappa shape index (κ2) is 9.81. The molecule has 1 aromatic carbocycles. The van der Waals surface area contributed by atoms with Crippen LogP contribution in [-0.4, -0.2) is 94.8 Å². The minimum absolute atomic E-state index is 0.00993. The van der Waals surface area contributed by atoms with Crippen molar-refractivity contribution in [1.82, 2.24) is 14.5 Å². The van der Waals surface area contributed by atoms with Crippen molar-refractivity contribution in [3.8, 4) is 0 Å². The third-order valence-electron chi connectivity index (χ3n) is 5.38. The molecule has 0 spiro atoms. The Morgan fingerprint density at radius 3 is 2.56 bits per heavy atom. The van der Waals surface area contributed by atoms with Gasteiger partial charge in [-0.1, -0.05) is 0 Å². The van der Waals surface area contributed by atoms with Crippen LogP contribution in [0.3, 0.4) is 0 Å². The third-order valence-corrected chi connectivity index (χ3v) is 9.04. The Morgan fingerprint density at radius 1 is 1.28 bits per heavy atom. The third kappa shape index (κ3) is 5.63. The van der Waals surface area contributed by atoms with Crippen LogP contribution in [0.1, 0.15) is 23.7 Å². The fourth-order valence-corrected chi connectivity index (χ4v) is 6.73. The molecule has 1 atom stereocenters. The molecule has 32 heavy (non-hydrogen) atoms. The second-order valence-corrected chi connectivity index (χ2v) is 11.8. The van der Waals surface area contributed by atoms with Crippen LogP contribution < -0.4 is 5.32 Å². The van der Waals surface area contributed by atoms with Crippen molar-refractivity contribution in [3.05, 3.63) is 29.6 Å². The Bertz CT molecular complexity index is 1090. The van der Waals surface area contributed by atoms with E-state index in [0.29, 0.717) is 6.42 Å². The zero-order valence-corrected chi connectivity index (χ0v) is 19.3. The first-order valence-electron chi connectivity index (χ1n) is 10.2. The van der Waals surface area contributed by atoms with Crippen molar-refractivity contribution in [2.75, 3.05) is 50.9 Å². The molecule has 2 fully saturated rings. The van der Waals surface area contributed by atoms with Gasteiger partial charge >= 0.3 is 0 Å². The molecule has 2 aliphatic rings. The lowest BCUT2D eigenvalue weighted by Crippen LogP contribution is -2.44. The predicted octanol–water partition coefficient (Wildman–Crippen LogP) is -0.388. The van der Waals surface area contributed by atoms with Gasteiger partial charge in [0.2, 0.25) is 15.9 Å². The number of morpholine rings is 1. The summed E-state index contributed by atoms with van der Waals surface area (Å²) >= 11 is 0. The Kier molecular flexibility index (Phi) is 7.53. The summed E-state index contributed by atoms with van der Waals surface area (Å²) in [6.07, 6.45) is 0.296. The summed E-state index contributed by atoms with van der Waals surface area (Å²) in [7, 11) is -7.12. The highest BCUT2D eigenvalue weighted by molar-refractivity contribution is 7.91. The van der Waals surface area contributed by atoms with E-state index < -0.39 is 55.6 Å². The van der Waals surface area contributed by atoms with E-state index in [9.17, 15) is 30.8 Å². The van der Waals surface area contributed by atoms with Gasteiger partial charge in [0.25, 0.3) is 5.91 Å². The lowest BCUT2D eigenvalue weighted by atomic mass is 10.2. The summed E-state index contributed by atoms with van der Waals surface area (Å²) in [5.41, 5.74) is -0.461. The maximum atomic E-state index is 14.5. The van der Waals surface area contributed by atoms with Crippen LogP contribution in [0, 0.1) is 5.82 Å². The molecule has 0 bridgehead atoms. The fraction of sp³-hybridized carbons (Fsp3) is 0.579. The minimum Gasteiger partial charge on any atom is -0.379 e. The molecule has 2 saturated heterocycles. The average molecular weight is 492 g/mol. The molecule has 2 heterocycles. The number of amides is 2. The van der Waals surface area contributed by atoms with E-state index in [1.54, 1.807) is 6.92 Å². The van der Waals surface area contributed by atoms with E-state index in [1.807, 2.05) is 0 Å². The van der Waals surface area contributed by atoms with E-state index in [1.165, 1.54) is 4.31 Å². The normalized spacial score (nSPS) is 21.2. The number of halogens is 1. The maximum absolute atomic E-state index is 14.5. The van der Waals surface area contributed by atoms with E-state index in [0.717, 1.165) is 23.1 Å². The van der Waals surface area contributed by atoms with Crippen molar-refractivity contribution >= 4 is 31.7 Å². The summed E-state index contributed by atoms with van der Waals surface area (Å²) in [5.74, 6) is -2.48. The Labute approximate surface area is 186 Å². The average Bonchev–Trinajstić information content (AvgIpc) is 3.10. The smallest absolute Gasteiger partial charge is 0.257 e. The van der Waals surface area contributed by atoms with Crippen LogP contribution in [0.4, 0.5) is 4.39 Å². The number of carbonyl (C=O) groups excluding carboxylic acids is 2. The minimum atomic E-state index is -3.94. The zero-order chi connectivity index (χ0) is 23.5. The second-order valence-electron chi connectivity index (χ2n) is 7.64. The van der Waals surface area contributed by atoms with Crippen LogP contribution in [0.2, 0.25) is 0 Å². The quantitative estimate of drug-likeness (QED) is 0.550. The van der Waals surface area contributed by atoms with E-state index >= 15 is 0 Å². The first kappa shape index (κ1) is 24.6. The van der Waals surface area contributed by atoms with E-state index in [2.05, 4.69) is 5.32 Å². The number of ether oxygens (including phenoxy) is 1. The topological polar surface area (TPSA) is 130 Å². The molecule has 1 N–H and O–H groups in total. The van der Waals surface area contributed by atoms with E-state index in [-0.39, 0.29) is 49.2 Å². The molecule has 1 aromatic rings. The molecule has 2 amide bonds. The molecule has 0 radical (unpaired) electrons. The number of hydrogen-bond acceptors (Lipinski definition) is 7. The van der Waals surface area contributed by atoms with Crippen LogP contribution in [-0.2, 0) is 29.4 Å². The molecular weight excluding hydrogens is 465 g/mol. The predicted molar refractivity (Wildman–Crippen MR) is 113 cm³/mol. The first-order chi connectivity index (χ1) is 15.0. The van der Waals surface area contributed by atoms with Crippen molar-refractivity contribution < 1.29 is 35.6 Å². The molecule has 13 heteroatoms. The lowest BCUT2D eigenvalue weighted by molar-refractivity contribution is -0.122. The lowest BCUT2D eigenvalue weighted by Gasteiger charge is -2.26. The number of likely N-dealkylation sites (N-methyl/N-ethyl adjacent to an activating group) is 1. The number of nitrogens with zero attached hydrogens (tertiary/aromatic N) is 2. The van der Waals surface area contributed by atoms with Crippen LogP contribution in [0.15, 0.2) is 23.1 Å². The van der Waals surface area contributed by atoms with Crippen molar-refractivity contribution in [2.24, 2.45) is 0 Å². The molecule has 2 aliphatic heterocycles. The van der Waals surface area contributed by atoms with Crippen LogP contribution in [0.5, 0.6) is 0 Å². The van der Waals surface area contributed by atoms with Gasteiger partial charge in [-0.15, -0.1) is 0 Å². The van der Waals surface area contributed by atoms with Crippen molar-refractivity contribution in [2.45, 2.75) is 24.3 Å². The van der Waals surface area contributed by atoms with Gasteiger partial charge in [0, 0.05) is 25.7 Å². The molecule has 0 saturated carbocycles. The van der Waals surface area contributed by atoms with Gasteiger partial charge in [-0.2, -0.15) is 4.31 Å². The first-order valence-corrected chi connectivity index (χ1v) is 13.5. The Morgan fingerprint density at radius 2 is 1.97 bits per heavy atom. The van der Waals surface area contributed by atoms with Gasteiger partial charge in [0.15, 0.2) is 9.84 Å². The number of sulfone groups is 1. The number of hydrogen-bond donors (Lipinski definition) is 1. The number of rotatable bonds is 7.